The first kappa shape index (κ1) is 9.07. The largest absolute Gasteiger partial charge is 0.357 e. The van der Waals surface area contributed by atoms with Crippen LogP contribution in [-0.2, 0) is 0 Å². The lowest BCUT2D eigenvalue weighted by Gasteiger charge is -1.49. The minimum absolute atomic E-state index is 0. The van der Waals surface area contributed by atoms with Crippen molar-refractivity contribution in [3.05, 3.63) is 14.2 Å². The van der Waals surface area contributed by atoms with Gasteiger partial charge in [0, 0.05) is 7.43 Å². The maximum atomic E-state index is 6.88. The van der Waals surface area contributed by atoms with Gasteiger partial charge in [-0.25, -0.2) is 0 Å². The Morgan fingerprint density at radius 1 is 1.25 bits per heavy atom. The van der Waals surface area contributed by atoms with Crippen LogP contribution in [0.5, 0.6) is 0 Å². The molecule has 0 spiro atoms. The summed E-state index contributed by atoms with van der Waals surface area (Å²) >= 11 is 0. The highest BCUT2D eigenvalue weighted by Crippen LogP contribution is 1.32. The molecule has 0 saturated heterocycles. The van der Waals surface area contributed by atoms with E-state index in [0.717, 1.165) is 6.79 Å². The first-order valence-electron chi connectivity index (χ1n) is 0.447. The fraction of sp³-hybridized carbons (Fsp3) is 0. The van der Waals surface area contributed by atoms with Gasteiger partial charge in [0.2, 0.25) is 0 Å². The Morgan fingerprint density at radius 2 is 1.25 bits per heavy atom. The molecule has 0 saturated carbocycles. The predicted molar refractivity (Wildman–Crippen MR) is 10.4 cm³/mol. The molecule has 0 aromatic carbocycles. The lowest BCUT2D eigenvalue weighted by molar-refractivity contribution is 0.173. The van der Waals surface area contributed by atoms with Crippen LogP contribution in [0.3, 0.4) is 0 Å². The minimum Gasteiger partial charge on any atom is -0.357 e. The van der Waals surface area contributed by atoms with Gasteiger partial charge in [0.15, 0.2) is 0 Å². The van der Waals surface area contributed by atoms with Crippen LogP contribution in [0.2, 0.25) is 0 Å². The molecule has 2 N–H and O–H groups in total. The van der Waals surface area contributed by atoms with E-state index in [1.807, 2.05) is 0 Å². The quantitative estimate of drug-likeness (QED) is 0.405. The Balaban J connectivity index is 0. The van der Waals surface area contributed by atoms with Gasteiger partial charge in [-0.05, 0) is 0 Å². The van der Waals surface area contributed by atoms with Crippen LogP contribution >= 0.6 is 0 Å². The van der Waals surface area contributed by atoms with Gasteiger partial charge >= 0.3 is 0 Å². The molecule has 0 aromatic heterocycles. The smallest absolute Gasteiger partial charge is 0.286 e. The second-order valence-electron chi connectivity index (χ2n) is 0.100. The number of aliphatic hydroxyl groups excluding tert-OH is 1. The second kappa shape index (κ2) is 12.7. The average Bonchev–Trinajstić information content (AvgIpc) is 0.918. The Morgan fingerprint density at radius 3 is 1.25 bits per heavy atom. The van der Waals surface area contributed by atoms with Gasteiger partial charge in [-0.15, -0.1) is 0 Å². The number of aliphatic hydroxyl groups is 2. The van der Waals surface area contributed by atoms with Crippen molar-refractivity contribution in [1.82, 2.24) is 0 Å². The fourth-order valence-corrected chi connectivity index (χ4v) is 0. The average molecular weight is 58.0 g/mol. The molecular weight excluding hydrogens is 56.0 g/mol. The van der Waals surface area contributed by atoms with E-state index in [0.29, 0.717) is 0 Å². The van der Waals surface area contributed by atoms with Gasteiger partial charge in [-0.2, -0.15) is 0 Å². The number of hydrogen-bond acceptors (Lipinski definition) is 2. The lowest BCUT2D eigenvalue weighted by Crippen LogP contribution is -1.53. The van der Waals surface area contributed by atoms with E-state index >= 15 is 0 Å². The molecule has 0 fully saturated rings. The molecule has 4 heavy (non-hydrogen) atoms. The van der Waals surface area contributed by atoms with Gasteiger partial charge in [-0.1, -0.05) is 0 Å². The van der Waals surface area contributed by atoms with E-state index in [1.165, 1.54) is 0 Å². The summed E-state index contributed by atoms with van der Waals surface area (Å²) in [5.41, 5.74) is 0. The topological polar surface area (TPSA) is 40.5 Å². The highest BCUT2D eigenvalue weighted by molar-refractivity contribution is 3.89. The molecule has 22 valence electrons. The van der Waals surface area contributed by atoms with Crippen LogP contribution in [0.25, 0.3) is 0 Å². The van der Waals surface area contributed by atoms with E-state index in [-0.39, 0.29) is 7.43 Å². The summed E-state index contributed by atoms with van der Waals surface area (Å²) in [5, 5.41) is 13.8. The van der Waals surface area contributed by atoms with Gasteiger partial charge in [0.25, 0.3) is 6.79 Å². The zero-order valence-corrected chi connectivity index (χ0v) is 1.89. The van der Waals surface area contributed by atoms with Crippen LogP contribution in [0.4, 0.5) is 0 Å². The zero-order chi connectivity index (χ0) is 2.71. The molecule has 0 unspecified atom stereocenters. The molecule has 2 nitrogen and oxygen atoms in total. The van der Waals surface area contributed by atoms with Crippen molar-refractivity contribution in [3.63, 3.8) is 0 Å². The molecular formula is C2H2O2. The predicted octanol–water partition coefficient (Wildman–Crippen LogP) is -0.191. The molecule has 0 bridgehead atoms. The lowest BCUT2D eigenvalue weighted by atomic mass is 11.6. The second-order valence-corrected chi connectivity index (χ2v) is 0.100. The summed E-state index contributed by atoms with van der Waals surface area (Å²) in [6.07, 6.45) is 0. The summed E-state index contributed by atoms with van der Waals surface area (Å²) in [7, 11) is 0. The standard InChI is InChI=1S/CH2O2.C/c2-1-3;/h2-3H;. The highest BCUT2D eigenvalue weighted by Gasteiger charge is 1.42. The molecule has 0 aliphatic heterocycles. The summed E-state index contributed by atoms with van der Waals surface area (Å²) in [6.45, 7) is 0.750. The Hall–Kier alpha value is -0.0800. The third-order valence-electron chi connectivity index (χ3n) is 0. The van der Waals surface area contributed by atoms with Crippen LogP contribution in [0, 0.1) is 14.2 Å². The fourth-order valence-electron chi connectivity index (χ4n) is 0. The van der Waals surface area contributed by atoms with Gasteiger partial charge in [0.1, 0.15) is 0 Å². The maximum Gasteiger partial charge on any atom is 0.286 e. The van der Waals surface area contributed by atoms with Crippen LogP contribution in [0.1, 0.15) is 0 Å². The zero-order valence-electron chi connectivity index (χ0n) is 1.89. The van der Waals surface area contributed by atoms with Crippen molar-refractivity contribution in [2.75, 3.05) is 0 Å². The van der Waals surface area contributed by atoms with Crippen LogP contribution in [0.15, 0.2) is 0 Å². The molecule has 0 heterocycles. The van der Waals surface area contributed by atoms with Crippen molar-refractivity contribution in [2.45, 2.75) is 0 Å². The van der Waals surface area contributed by atoms with Crippen molar-refractivity contribution in [2.24, 2.45) is 0 Å². The van der Waals surface area contributed by atoms with Crippen LogP contribution in [-0.4, -0.2) is 10.2 Å². The summed E-state index contributed by atoms with van der Waals surface area (Å²) < 4.78 is 0. The van der Waals surface area contributed by atoms with Gasteiger partial charge < -0.3 is 10.2 Å². The van der Waals surface area contributed by atoms with Crippen molar-refractivity contribution in [1.29, 1.82) is 0 Å². The molecule has 0 rings (SSSR count). The minimum atomic E-state index is 0. The molecule has 0 atom stereocenters. The molecule has 2 heteroatoms. The van der Waals surface area contributed by atoms with Crippen molar-refractivity contribution >= 4 is 0 Å². The normalized spacial score (nSPS) is 4.50. The van der Waals surface area contributed by atoms with E-state index in [2.05, 4.69) is 0 Å². The molecule has 0 aliphatic rings. The summed E-state index contributed by atoms with van der Waals surface area (Å²) in [5.74, 6) is 0. The van der Waals surface area contributed by atoms with Crippen LogP contribution < -0.4 is 0 Å². The highest BCUT2D eigenvalue weighted by atomic mass is 16.5. The van der Waals surface area contributed by atoms with Gasteiger partial charge in [0.05, 0.1) is 0 Å². The summed E-state index contributed by atoms with van der Waals surface area (Å²) in [4.78, 5) is 0. The molecule has 0 aliphatic carbocycles. The number of rotatable bonds is 0. The third-order valence-corrected chi connectivity index (χ3v) is 0. The van der Waals surface area contributed by atoms with E-state index < -0.39 is 0 Å². The van der Waals surface area contributed by atoms with E-state index in [9.17, 15) is 0 Å². The third kappa shape index (κ3) is 254. The van der Waals surface area contributed by atoms with Gasteiger partial charge in [-0.3, -0.25) is 0 Å². The molecule has 6 radical (unpaired) electrons. The Kier molecular flexibility index (Phi) is 28.8. The Bertz CT molecular complexity index is 4.00. The molecule has 0 amide bonds. The first-order valence-corrected chi connectivity index (χ1v) is 0.447. The monoisotopic (exact) mass is 58.0 g/mol. The summed E-state index contributed by atoms with van der Waals surface area (Å²) in [6, 6.07) is 0. The van der Waals surface area contributed by atoms with Crippen molar-refractivity contribution in [3.8, 4) is 0 Å². The first-order chi connectivity index (χ1) is 1.41. The SMILES string of the molecule is O[C]O.[C]. The van der Waals surface area contributed by atoms with Crippen molar-refractivity contribution < 1.29 is 10.2 Å². The number of hydrogen-bond donors (Lipinski definition) is 2. The van der Waals surface area contributed by atoms with E-state index in [4.69, 9.17) is 10.2 Å². The van der Waals surface area contributed by atoms with E-state index in [1.54, 1.807) is 0 Å². The Labute approximate surface area is 25.7 Å². The molecule has 0 aromatic rings. The maximum absolute atomic E-state index is 6.88.